The maximum atomic E-state index is 12.8. The summed E-state index contributed by atoms with van der Waals surface area (Å²) in [7, 11) is -4.20. The van der Waals surface area contributed by atoms with Crippen LogP contribution >= 0.6 is 11.3 Å². The monoisotopic (exact) mass is 351 g/mol. The third-order valence-electron chi connectivity index (χ3n) is 2.79. The van der Waals surface area contributed by atoms with Gasteiger partial charge in [0.05, 0.1) is 11.4 Å². The molecular weight excluding hydrogens is 340 g/mol. The van der Waals surface area contributed by atoms with Crippen molar-refractivity contribution in [2.75, 3.05) is 4.72 Å². The number of aryl methyl sites for hydroxylation is 2. The fourth-order valence-electron chi connectivity index (χ4n) is 1.76. The van der Waals surface area contributed by atoms with Crippen LogP contribution in [0, 0.1) is 13.8 Å². The third kappa shape index (κ3) is 2.95. The number of aromatic nitrogens is 2. The Morgan fingerprint density at radius 3 is 2.59 bits per heavy atom. The van der Waals surface area contributed by atoms with E-state index in [1.165, 1.54) is 13.8 Å². The number of alkyl halides is 2. The van der Waals surface area contributed by atoms with Crippen molar-refractivity contribution in [3.8, 4) is 0 Å². The second-order valence-electron chi connectivity index (χ2n) is 4.35. The fraction of sp³-hybridized carbons (Fsp3) is 0.273. The number of hydrogen-bond acceptors (Lipinski definition) is 5. The number of carbonyl (C=O) groups is 1. The molecule has 0 aliphatic rings. The molecule has 11 heteroatoms. The Balaban J connectivity index is 2.45. The Hall–Kier alpha value is -2.01. The molecule has 0 radical (unpaired) electrons. The highest BCUT2D eigenvalue weighted by Crippen LogP contribution is 2.32. The molecule has 3 N–H and O–H groups in total. The van der Waals surface area contributed by atoms with Gasteiger partial charge < -0.3 is 5.11 Å². The number of sulfonamides is 1. The maximum absolute atomic E-state index is 12.8. The van der Waals surface area contributed by atoms with Gasteiger partial charge in [-0.3, -0.25) is 9.82 Å². The minimum atomic E-state index is -4.20. The van der Waals surface area contributed by atoms with Crippen molar-refractivity contribution in [1.29, 1.82) is 0 Å². The van der Waals surface area contributed by atoms with Gasteiger partial charge in [0.2, 0.25) is 0 Å². The van der Waals surface area contributed by atoms with Gasteiger partial charge in [-0.25, -0.2) is 22.0 Å². The van der Waals surface area contributed by atoms with Crippen molar-refractivity contribution in [3.63, 3.8) is 0 Å². The standard InChI is InChI=1S/C11H11F2N3O4S2/c1-4-8(9(10(12)13)15-14-4)16-22(19,20)7-3-6(11(17)18)21-5(7)2/h3,10,16H,1-2H3,(H,14,15)(H,17,18). The van der Waals surface area contributed by atoms with E-state index in [0.717, 1.165) is 17.4 Å². The summed E-state index contributed by atoms with van der Waals surface area (Å²) in [6, 6.07) is 0.988. The van der Waals surface area contributed by atoms with Gasteiger partial charge in [0.15, 0.2) is 5.69 Å². The minimum Gasteiger partial charge on any atom is -0.477 e. The molecule has 0 saturated heterocycles. The van der Waals surface area contributed by atoms with E-state index in [1.807, 2.05) is 4.72 Å². The SMILES string of the molecule is Cc1[nH]nc(C(F)F)c1NS(=O)(=O)c1cc(C(=O)O)sc1C. The quantitative estimate of drug-likeness (QED) is 0.766. The highest BCUT2D eigenvalue weighted by Gasteiger charge is 2.27. The summed E-state index contributed by atoms with van der Waals surface area (Å²) in [5.41, 5.74) is -0.921. The van der Waals surface area contributed by atoms with E-state index in [0.29, 0.717) is 0 Å². The Labute approximate surface area is 128 Å². The van der Waals surface area contributed by atoms with E-state index in [1.54, 1.807) is 0 Å². The van der Waals surface area contributed by atoms with Crippen molar-refractivity contribution in [3.05, 3.63) is 27.2 Å². The normalized spacial score (nSPS) is 11.9. The van der Waals surface area contributed by atoms with E-state index in [-0.39, 0.29) is 26.0 Å². The van der Waals surface area contributed by atoms with Crippen LogP contribution in [0.25, 0.3) is 0 Å². The van der Waals surface area contributed by atoms with Gasteiger partial charge in [-0.2, -0.15) is 5.10 Å². The molecule has 0 amide bonds. The first-order valence-electron chi connectivity index (χ1n) is 5.83. The first-order valence-corrected chi connectivity index (χ1v) is 8.13. The molecule has 22 heavy (non-hydrogen) atoms. The molecule has 0 saturated carbocycles. The lowest BCUT2D eigenvalue weighted by molar-refractivity contribution is 0.0702. The van der Waals surface area contributed by atoms with E-state index in [9.17, 15) is 22.0 Å². The summed E-state index contributed by atoms with van der Waals surface area (Å²) >= 11 is 0.786. The first kappa shape index (κ1) is 16.4. The van der Waals surface area contributed by atoms with Crippen LogP contribution in [0.3, 0.4) is 0 Å². The summed E-state index contributed by atoms with van der Waals surface area (Å²) in [5.74, 6) is -1.26. The Morgan fingerprint density at radius 2 is 2.09 bits per heavy atom. The lowest BCUT2D eigenvalue weighted by atomic mass is 10.3. The molecule has 0 aliphatic carbocycles. The minimum absolute atomic E-state index is 0.130. The molecular formula is C11H11F2N3O4S2. The molecule has 7 nitrogen and oxygen atoms in total. The highest BCUT2D eigenvalue weighted by atomic mass is 32.2. The van der Waals surface area contributed by atoms with Crippen LogP contribution in [-0.2, 0) is 10.0 Å². The molecule has 0 aromatic carbocycles. The number of halogens is 2. The van der Waals surface area contributed by atoms with Crippen molar-refractivity contribution in [2.24, 2.45) is 0 Å². The molecule has 0 atom stereocenters. The number of H-pyrrole nitrogens is 1. The number of nitrogens with one attached hydrogen (secondary N) is 2. The number of carboxylic acid groups (broad SMARTS) is 1. The van der Waals surface area contributed by atoms with Crippen molar-refractivity contribution < 1.29 is 27.1 Å². The first-order chi connectivity index (χ1) is 10.1. The van der Waals surface area contributed by atoms with Gasteiger partial charge in [0.1, 0.15) is 9.77 Å². The van der Waals surface area contributed by atoms with Crippen molar-refractivity contribution in [1.82, 2.24) is 10.2 Å². The average Bonchev–Trinajstić information content (AvgIpc) is 2.94. The number of carboxylic acids is 1. The predicted molar refractivity (Wildman–Crippen MR) is 75.1 cm³/mol. The second-order valence-corrected chi connectivity index (χ2v) is 7.26. The van der Waals surface area contributed by atoms with Crippen LogP contribution in [-0.4, -0.2) is 29.7 Å². The Bertz CT molecular complexity index is 827. The molecule has 2 heterocycles. The van der Waals surface area contributed by atoms with Crippen LogP contribution in [0.15, 0.2) is 11.0 Å². The third-order valence-corrected chi connectivity index (χ3v) is 5.43. The van der Waals surface area contributed by atoms with Gasteiger partial charge in [0, 0.05) is 4.88 Å². The number of rotatable bonds is 5. The Morgan fingerprint density at radius 1 is 1.45 bits per heavy atom. The van der Waals surface area contributed by atoms with E-state index in [4.69, 9.17) is 5.11 Å². The fourth-order valence-corrected chi connectivity index (χ4v) is 4.33. The number of thiophene rings is 1. The zero-order chi connectivity index (χ0) is 16.7. The smallest absolute Gasteiger partial charge is 0.345 e. The molecule has 2 aromatic heterocycles. The van der Waals surface area contributed by atoms with Crippen LogP contribution < -0.4 is 4.72 Å². The van der Waals surface area contributed by atoms with Gasteiger partial charge in [-0.1, -0.05) is 0 Å². The number of nitrogens with zero attached hydrogens (tertiary/aromatic N) is 1. The Kier molecular flexibility index (Phi) is 4.20. The van der Waals surface area contributed by atoms with E-state index in [2.05, 4.69) is 10.2 Å². The number of aromatic carboxylic acids is 1. The molecule has 120 valence electrons. The summed E-state index contributed by atoms with van der Waals surface area (Å²) in [5, 5.41) is 14.5. The van der Waals surface area contributed by atoms with Crippen molar-refractivity contribution >= 4 is 33.0 Å². The van der Waals surface area contributed by atoms with Crippen LogP contribution in [0.4, 0.5) is 14.5 Å². The van der Waals surface area contributed by atoms with Crippen LogP contribution in [0.2, 0.25) is 0 Å². The zero-order valence-electron chi connectivity index (χ0n) is 11.3. The van der Waals surface area contributed by atoms with Gasteiger partial charge in [0.25, 0.3) is 16.4 Å². The van der Waals surface area contributed by atoms with Crippen LogP contribution in [0.1, 0.15) is 32.4 Å². The van der Waals surface area contributed by atoms with E-state index >= 15 is 0 Å². The van der Waals surface area contributed by atoms with Gasteiger partial charge >= 0.3 is 5.97 Å². The molecule has 0 aliphatic heterocycles. The lowest BCUT2D eigenvalue weighted by Crippen LogP contribution is -2.14. The number of aromatic amines is 1. The molecule has 2 aromatic rings. The number of hydrogen-bond donors (Lipinski definition) is 3. The lowest BCUT2D eigenvalue weighted by Gasteiger charge is -2.08. The summed E-state index contributed by atoms with van der Waals surface area (Å²) in [4.78, 5) is 10.7. The molecule has 2 rings (SSSR count). The van der Waals surface area contributed by atoms with E-state index < -0.39 is 28.1 Å². The second kappa shape index (κ2) is 5.65. The van der Waals surface area contributed by atoms with Crippen LogP contribution in [0.5, 0.6) is 0 Å². The highest BCUT2D eigenvalue weighted by molar-refractivity contribution is 7.93. The summed E-state index contributed by atoms with van der Waals surface area (Å²) < 4.78 is 52.3. The molecule has 0 spiro atoms. The molecule has 0 unspecified atom stereocenters. The topological polar surface area (TPSA) is 112 Å². The maximum Gasteiger partial charge on any atom is 0.345 e. The number of anilines is 1. The van der Waals surface area contributed by atoms with Crippen molar-refractivity contribution in [2.45, 2.75) is 25.2 Å². The van der Waals surface area contributed by atoms with Gasteiger partial charge in [-0.15, -0.1) is 11.3 Å². The van der Waals surface area contributed by atoms with Gasteiger partial charge in [-0.05, 0) is 19.9 Å². The largest absolute Gasteiger partial charge is 0.477 e. The summed E-state index contributed by atoms with van der Waals surface area (Å²) in [6.45, 7) is 2.82. The molecule has 0 fully saturated rings. The average molecular weight is 351 g/mol. The molecule has 0 bridgehead atoms. The summed E-state index contributed by atoms with van der Waals surface area (Å²) in [6.07, 6.45) is -2.96. The zero-order valence-corrected chi connectivity index (χ0v) is 13.0. The predicted octanol–water partition coefficient (Wildman–Crippen LogP) is 2.52.